The van der Waals surface area contributed by atoms with Gasteiger partial charge in [-0.3, -0.25) is 9.89 Å². The van der Waals surface area contributed by atoms with Gasteiger partial charge in [0.2, 0.25) is 0 Å². The third-order valence-corrected chi connectivity index (χ3v) is 4.50. The molecule has 0 bridgehead atoms. The van der Waals surface area contributed by atoms with Gasteiger partial charge >= 0.3 is 0 Å². The van der Waals surface area contributed by atoms with Crippen molar-refractivity contribution in [3.63, 3.8) is 0 Å². The highest BCUT2D eigenvalue weighted by molar-refractivity contribution is 14.0. The van der Waals surface area contributed by atoms with Crippen LogP contribution in [0.2, 0.25) is 0 Å². The van der Waals surface area contributed by atoms with Crippen LogP contribution in [0.25, 0.3) is 0 Å². The van der Waals surface area contributed by atoms with E-state index in [1.165, 1.54) is 12.8 Å². The van der Waals surface area contributed by atoms with Gasteiger partial charge in [0, 0.05) is 38.3 Å². The van der Waals surface area contributed by atoms with Crippen LogP contribution in [0.4, 0.5) is 0 Å². The van der Waals surface area contributed by atoms with Gasteiger partial charge in [-0.1, -0.05) is 26.7 Å². The van der Waals surface area contributed by atoms with Crippen LogP contribution < -0.4 is 11.1 Å². The van der Waals surface area contributed by atoms with Crippen molar-refractivity contribution >= 4 is 29.9 Å². The molecule has 0 radical (unpaired) electrons. The van der Waals surface area contributed by atoms with Gasteiger partial charge in [0.1, 0.15) is 0 Å². The summed E-state index contributed by atoms with van der Waals surface area (Å²) in [4.78, 5) is 9.41. The fourth-order valence-corrected chi connectivity index (χ4v) is 2.81. The Morgan fingerprint density at radius 3 is 2.26 bits per heavy atom. The minimum Gasteiger partial charge on any atom is -0.370 e. The lowest BCUT2D eigenvalue weighted by molar-refractivity contribution is 0.122. The first-order chi connectivity index (χ1) is 10.4. The van der Waals surface area contributed by atoms with E-state index in [0.29, 0.717) is 18.0 Å². The maximum Gasteiger partial charge on any atom is 0.188 e. The Morgan fingerprint density at radius 1 is 1.09 bits per heavy atom. The van der Waals surface area contributed by atoms with Crippen molar-refractivity contribution < 1.29 is 0 Å². The number of piperazine rings is 1. The molecule has 2 unspecified atom stereocenters. The molecule has 0 saturated carbocycles. The van der Waals surface area contributed by atoms with Crippen molar-refractivity contribution in [1.82, 2.24) is 15.1 Å². The number of hydrogen-bond donors (Lipinski definition) is 2. The summed E-state index contributed by atoms with van der Waals surface area (Å²) in [6.07, 6.45) is 3.68. The first-order valence-electron chi connectivity index (χ1n) is 8.87. The molecule has 1 fully saturated rings. The number of nitrogens with two attached hydrogens (primary N) is 1. The standard InChI is InChI=1S/C17H37N5.HI/c1-14(2)7-6-8-15(3)20-17(18)19-13-16(4)22-11-9-21(5)10-12-22;/h14-16H,6-13H2,1-5H3,(H3,18,19,20);1H. The molecule has 1 rings (SSSR count). The lowest BCUT2D eigenvalue weighted by atomic mass is 10.0. The summed E-state index contributed by atoms with van der Waals surface area (Å²) in [5.41, 5.74) is 6.02. The van der Waals surface area contributed by atoms with Gasteiger partial charge in [0.15, 0.2) is 5.96 Å². The Balaban J connectivity index is 0.00000484. The molecule has 0 aromatic carbocycles. The highest BCUT2D eigenvalue weighted by Crippen LogP contribution is 2.08. The van der Waals surface area contributed by atoms with E-state index in [1.807, 2.05) is 0 Å². The largest absolute Gasteiger partial charge is 0.370 e. The third kappa shape index (κ3) is 10.4. The lowest BCUT2D eigenvalue weighted by Crippen LogP contribution is -2.49. The second-order valence-corrected chi connectivity index (χ2v) is 7.28. The highest BCUT2D eigenvalue weighted by atomic mass is 127. The third-order valence-electron chi connectivity index (χ3n) is 4.50. The molecule has 138 valence electrons. The summed E-state index contributed by atoms with van der Waals surface area (Å²) in [5.74, 6) is 1.38. The van der Waals surface area contributed by atoms with E-state index in [2.05, 4.69) is 54.9 Å². The molecule has 3 N–H and O–H groups in total. The first kappa shape index (κ1) is 22.9. The van der Waals surface area contributed by atoms with Gasteiger partial charge in [-0.2, -0.15) is 0 Å². The van der Waals surface area contributed by atoms with Gasteiger partial charge in [0.25, 0.3) is 0 Å². The Kier molecular flexibility index (Phi) is 12.3. The number of nitrogens with one attached hydrogen (secondary N) is 1. The van der Waals surface area contributed by atoms with Crippen LogP contribution in [0.1, 0.15) is 47.0 Å². The van der Waals surface area contributed by atoms with E-state index >= 15 is 0 Å². The quantitative estimate of drug-likeness (QED) is 0.347. The predicted octanol–water partition coefficient (Wildman–Crippen LogP) is 2.36. The zero-order chi connectivity index (χ0) is 16.5. The molecule has 1 aliphatic heterocycles. The molecule has 6 heteroatoms. The number of likely N-dealkylation sites (N-methyl/N-ethyl adjacent to an activating group) is 1. The molecule has 0 spiro atoms. The van der Waals surface area contributed by atoms with Gasteiger partial charge in [-0.05, 0) is 33.2 Å². The van der Waals surface area contributed by atoms with Crippen LogP contribution in [0.3, 0.4) is 0 Å². The normalized spacial score (nSPS) is 20.2. The molecule has 1 aliphatic rings. The van der Waals surface area contributed by atoms with E-state index in [9.17, 15) is 0 Å². The molecule has 5 nitrogen and oxygen atoms in total. The van der Waals surface area contributed by atoms with Gasteiger partial charge in [-0.15, -0.1) is 24.0 Å². The average molecular weight is 439 g/mol. The summed E-state index contributed by atoms with van der Waals surface area (Å²) in [7, 11) is 2.18. The number of guanidine groups is 1. The van der Waals surface area contributed by atoms with Crippen LogP contribution in [-0.2, 0) is 0 Å². The fraction of sp³-hybridized carbons (Fsp3) is 0.941. The Hall–Kier alpha value is -0.0800. The Bertz CT molecular complexity index is 327. The molecule has 2 atom stereocenters. The maximum absolute atomic E-state index is 6.02. The molecular weight excluding hydrogens is 401 g/mol. The summed E-state index contributed by atoms with van der Waals surface area (Å²) in [6.45, 7) is 14.3. The summed E-state index contributed by atoms with van der Waals surface area (Å²) < 4.78 is 0. The SMILES string of the molecule is CC(C)CCCC(C)NC(N)=NCC(C)N1CCN(C)CC1.I. The predicted molar refractivity (Wildman–Crippen MR) is 112 cm³/mol. The van der Waals surface area contributed by atoms with Crippen LogP contribution in [-0.4, -0.2) is 67.6 Å². The van der Waals surface area contributed by atoms with Crippen molar-refractivity contribution in [3.05, 3.63) is 0 Å². The minimum absolute atomic E-state index is 0. The molecule has 1 heterocycles. The topological polar surface area (TPSA) is 56.9 Å². The van der Waals surface area contributed by atoms with Crippen LogP contribution >= 0.6 is 24.0 Å². The van der Waals surface area contributed by atoms with Crippen LogP contribution in [0, 0.1) is 5.92 Å². The van der Waals surface area contributed by atoms with E-state index in [1.54, 1.807) is 0 Å². The van der Waals surface area contributed by atoms with E-state index < -0.39 is 0 Å². The van der Waals surface area contributed by atoms with Crippen molar-refractivity contribution in [2.45, 2.75) is 59.0 Å². The number of rotatable bonds is 8. The van der Waals surface area contributed by atoms with E-state index in [4.69, 9.17) is 5.73 Å². The summed E-state index contributed by atoms with van der Waals surface area (Å²) >= 11 is 0. The second kappa shape index (κ2) is 12.3. The number of nitrogens with zero attached hydrogens (tertiary/aromatic N) is 3. The van der Waals surface area contributed by atoms with Crippen molar-refractivity contribution in [2.75, 3.05) is 39.8 Å². The average Bonchev–Trinajstić information content (AvgIpc) is 2.45. The minimum atomic E-state index is 0. The monoisotopic (exact) mass is 439 g/mol. The maximum atomic E-state index is 6.02. The van der Waals surface area contributed by atoms with Crippen molar-refractivity contribution in [3.8, 4) is 0 Å². The number of hydrogen-bond acceptors (Lipinski definition) is 3. The zero-order valence-electron chi connectivity index (χ0n) is 15.7. The second-order valence-electron chi connectivity index (χ2n) is 7.28. The summed E-state index contributed by atoms with van der Waals surface area (Å²) in [6, 6.07) is 0.867. The molecule has 0 aliphatic carbocycles. The molecule has 0 amide bonds. The Labute approximate surface area is 160 Å². The number of halogens is 1. The lowest BCUT2D eigenvalue weighted by Gasteiger charge is -2.35. The Morgan fingerprint density at radius 2 is 1.70 bits per heavy atom. The molecule has 0 aromatic heterocycles. The van der Waals surface area contributed by atoms with E-state index in [-0.39, 0.29) is 24.0 Å². The van der Waals surface area contributed by atoms with Gasteiger partial charge in [-0.25, -0.2) is 0 Å². The fourth-order valence-electron chi connectivity index (χ4n) is 2.81. The van der Waals surface area contributed by atoms with Crippen LogP contribution in [0.5, 0.6) is 0 Å². The first-order valence-corrected chi connectivity index (χ1v) is 8.87. The van der Waals surface area contributed by atoms with Gasteiger partial charge in [0.05, 0.1) is 6.54 Å². The molecular formula is C17H38IN5. The van der Waals surface area contributed by atoms with E-state index in [0.717, 1.165) is 45.1 Å². The smallest absolute Gasteiger partial charge is 0.188 e. The molecule has 0 aromatic rings. The molecule has 23 heavy (non-hydrogen) atoms. The molecule has 1 saturated heterocycles. The zero-order valence-corrected chi connectivity index (χ0v) is 18.0. The van der Waals surface area contributed by atoms with Crippen molar-refractivity contribution in [2.24, 2.45) is 16.6 Å². The number of aliphatic imine (C=N–C) groups is 1. The summed E-state index contributed by atoms with van der Waals surface area (Å²) in [5, 5.41) is 3.32. The van der Waals surface area contributed by atoms with Crippen LogP contribution in [0.15, 0.2) is 4.99 Å². The van der Waals surface area contributed by atoms with Gasteiger partial charge < -0.3 is 16.0 Å². The van der Waals surface area contributed by atoms with Crippen molar-refractivity contribution in [1.29, 1.82) is 0 Å². The highest BCUT2D eigenvalue weighted by Gasteiger charge is 2.18.